The summed E-state index contributed by atoms with van der Waals surface area (Å²) >= 11 is 4.53. The first-order valence-electron chi connectivity index (χ1n) is 3.84. The lowest BCUT2D eigenvalue weighted by Gasteiger charge is -2.01. The summed E-state index contributed by atoms with van der Waals surface area (Å²) in [5.41, 5.74) is 1.96. The minimum atomic E-state index is 0.590. The van der Waals surface area contributed by atoms with E-state index in [1.807, 2.05) is 0 Å². The summed E-state index contributed by atoms with van der Waals surface area (Å²) in [6.07, 6.45) is 1.37. The van der Waals surface area contributed by atoms with E-state index in [1.165, 1.54) is 6.39 Å². The van der Waals surface area contributed by atoms with E-state index < -0.39 is 0 Å². The van der Waals surface area contributed by atoms with Gasteiger partial charge in [0.15, 0.2) is 12.0 Å². The first-order chi connectivity index (χ1) is 6.85. The number of isothiocyanates is 1. The Morgan fingerprint density at radius 3 is 3.14 bits per heavy atom. The van der Waals surface area contributed by atoms with Crippen LogP contribution in [0.25, 0.3) is 11.1 Å². The number of methoxy groups -OCH3 is 1. The van der Waals surface area contributed by atoms with Gasteiger partial charge in [-0.3, -0.25) is 0 Å². The predicted molar refractivity (Wildman–Crippen MR) is 55.2 cm³/mol. The zero-order valence-electron chi connectivity index (χ0n) is 7.35. The zero-order valence-corrected chi connectivity index (χ0v) is 8.17. The standard InChI is InChI=1S/C9H6N2O2S/c1-12-8-2-7-9(13-4-10-7)3-6(8)11-5-14/h2-4H,1H3. The second kappa shape index (κ2) is 3.57. The number of aromatic nitrogens is 1. The van der Waals surface area contributed by atoms with Gasteiger partial charge in [0.1, 0.15) is 17.0 Å². The number of thiocarbonyl (C=S) groups is 1. The van der Waals surface area contributed by atoms with Crippen molar-refractivity contribution < 1.29 is 9.15 Å². The van der Waals surface area contributed by atoms with Crippen molar-refractivity contribution in [3.8, 4) is 5.75 Å². The Labute approximate surface area is 85.2 Å². The van der Waals surface area contributed by atoms with E-state index in [1.54, 1.807) is 19.2 Å². The summed E-state index contributed by atoms with van der Waals surface area (Å²) in [4.78, 5) is 7.85. The Hall–Kier alpha value is -1.71. The van der Waals surface area contributed by atoms with Gasteiger partial charge in [0, 0.05) is 12.1 Å². The second-order valence-corrected chi connectivity index (χ2v) is 2.73. The van der Waals surface area contributed by atoms with Crippen LogP contribution in [0.4, 0.5) is 5.69 Å². The fourth-order valence-corrected chi connectivity index (χ4v) is 1.27. The SMILES string of the molecule is COc1cc2ncoc2cc1N=C=S. The van der Waals surface area contributed by atoms with E-state index in [0.29, 0.717) is 17.0 Å². The molecule has 0 radical (unpaired) electrons. The highest BCUT2D eigenvalue weighted by Crippen LogP contribution is 2.31. The minimum Gasteiger partial charge on any atom is -0.494 e. The number of oxazole rings is 1. The monoisotopic (exact) mass is 206 g/mol. The Morgan fingerprint density at radius 1 is 1.57 bits per heavy atom. The average molecular weight is 206 g/mol. The van der Waals surface area contributed by atoms with E-state index in [9.17, 15) is 0 Å². The lowest BCUT2D eigenvalue weighted by molar-refractivity contribution is 0.416. The summed E-state index contributed by atoms with van der Waals surface area (Å²) in [5.74, 6) is 0.601. The van der Waals surface area contributed by atoms with Crippen LogP contribution in [0.15, 0.2) is 27.9 Å². The van der Waals surface area contributed by atoms with E-state index in [2.05, 4.69) is 27.4 Å². The molecule has 0 saturated carbocycles. The third kappa shape index (κ3) is 1.39. The maximum absolute atomic E-state index is 5.12. The molecule has 1 aromatic carbocycles. The number of fused-ring (bicyclic) bond motifs is 1. The van der Waals surface area contributed by atoms with Crippen molar-refractivity contribution >= 4 is 34.2 Å². The molecule has 5 heteroatoms. The largest absolute Gasteiger partial charge is 0.494 e. The molecule has 0 aliphatic carbocycles. The normalized spacial score (nSPS) is 9.79. The van der Waals surface area contributed by atoms with Crippen molar-refractivity contribution in [1.82, 2.24) is 4.98 Å². The number of nitrogens with zero attached hydrogens (tertiary/aromatic N) is 2. The zero-order chi connectivity index (χ0) is 9.97. The van der Waals surface area contributed by atoms with Crippen LogP contribution in [0, 0.1) is 0 Å². The van der Waals surface area contributed by atoms with Crippen LogP contribution in [-0.2, 0) is 0 Å². The summed E-state index contributed by atoms with van der Waals surface area (Å²) < 4.78 is 10.2. The summed E-state index contributed by atoms with van der Waals surface area (Å²) in [6, 6.07) is 3.45. The molecule has 14 heavy (non-hydrogen) atoms. The van der Waals surface area contributed by atoms with Gasteiger partial charge in [0.05, 0.1) is 12.3 Å². The molecule has 0 unspecified atom stereocenters. The molecule has 0 spiro atoms. The molecule has 0 atom stereocenters. The summed E-state index contributed by atoms with van der Waals surface area (Å²) in [5, 5.41) is 2.28. The van der Waals surface area contributed by atoms with E-state index in [0.717, 1.165) is 5.52 Å². The van der Waals surface area contributed by atoms with Gasteiger partial charge in [0.25, 0.3) is 0 Å². The van der Waals surface area contributed by atoms with Crippen LogP contribution in [0.1, 0.15) is 0 Å². The molecule has 0 aliphatic rings. The Balaban J connectivity index is 2.72. The van der Waals surface area contributed by atoms with Gasteiger partial charge in [-0.05, 0) is 12.2 Å². The smallest absolute Gasteiger partial charge is 0.181 e. The van der Waals surface area contributed by atoms with Gasteiger partial charge < -0.3 is 9.15 Å². The number of rotatable bonds is 2. The Morgan fingerprint density at radius 2 is 2.43 bits per heavy atom. The van der Waals surface area contributed by atoms with Crippen LogP contribution >= 0.6 is 12.2 Å². The minimum absolute atomic E-state index is 0.590. The van der Waals surface area contributed by atoms with Gasteiger partial charge >= 0.3 is 0 Å². The number of hydrogen-bond acceptors (Lipinski definition) is 5. The molecule has 0 fully saturated rings. The van der Waals surface area contributed by atoms with Gasteiger partial charge in [-0.2, -0.15) is 4.99 Å². The topological polar surface area (TPSA) is 47.6 Å². The molecule has 2 aromatic rings. The Bertz CT molecular complexity index is 515. The van der Waals surface area contributed by atoms with Crippen LogP contribution in [0.2, 0.25) is 0 Å². The summed E-state index contributed by atoms with van der Waals surface area (Å²) in [7, 11) is 1.56. The number of benzene rings is 1. The predicted octanol–water partition coefficient (Wildman–Crippen LogP) is 2.57. The second-order valence-electron chi connectivity index (χ2n) is 2.55. The fraction of sp³-hybridized carbons (Fsp3) is 0.111. The molecule has 4 nitrogen and oxygen atoms in total. The van der Waals surface area contributed by atoms with Gasteiger partial charge in [-0.15, -0.1) is 0 Å². The number of aliphatic imine (C=N–C) groups is 1. The third-order valence-corrected chi connectivity index (χ3v) is 1.89. The molecular weight excluding hydrogens is 200 g/mol. The highest BCUT2D eigenvalue weighted by molar-refractivity contribution is 7.78. The van der Waals surface area contributed by atoms with Crippen molar-refractivity contribution in [1.29, 1.82) is 0 Å². The van der Waals surface area contributed by atoms with E-state index in [4.69, 9.17) is 9.15 Å². The maximum atomic E-state index is 5.12. The van der Waals surface area contributed by atoms with Crippen molar-refractivity contribution in [2.45, 2.75) is 0 Å². The molecule has 0 aliphatic heterocycles. The molecule has 0 amide bonds. The molecule has 0 bridgehead atoms. The van der Waals surface area contributed by atoms with Gasteiger partial charge in [-0.1, -0.05) is 0 Å². The first kappa shape index (κ1) is 8.87. The Kier molecular flexibility index (Phi) is 2.26. The van der Waals surface area contributed by atoms with Crippen LogP contribution in [-0.4, -0.2) is 17.3 Å². The van der Waals surface area contributed by atoms with E-state index in [-0.39, 0.29) is 0 Å². The van der Waals surface area contributed by atoms with Crippen molar-refractivity contribution in [2.24, 2.45) is 4.99 Å². The van der Waals surface area contributed by atoms with Crippen LogP contribution in [0.3, 0.4) is 0 Å². The number of ether oxygens (including phenoxy) is 1. The van der Waals surface area contributed by atoms with Gasteiger partial charge in [-0.25, -0.2) is 4.98 Å². The average Bonchev–Trinajstić information content (AvgIpc) is 2.64. The fourth-order valence-electron chi connectivity index (χ4n) is 1.17. The molecule has 2 rings (SSSR count). The quantitative estimate of drug-likeness (QED) is 0.559. The molecule has 0 N–H and O–H groups in total. The molecular formula is C9H6N2O2S. The molecule has 1 heterocycles. The maximum Gasteiger partial charge on any atom is 0.181 e. The van der Waals surface area contributed by atoms with E-state index >= 15 is 0 Å². The lowest BCUT2D eigenvalue weighted by Crippen LogP contribution is -1.83. The van der Waals surface area contributed by atoms with Crippen molar-refractivity contribution in [3.63, 3.8) is 0 Å². The first-order valence-corrected chi connectivity index (χ1v) is 4.25. The highest BCUT2D eigenvalue weighted by Gasteiger charge is 2.06. The lowest BCUT2D eigenvalue weighted by atomic mass is 10.2. The van der Waals surface area contributed by atoms with Crippen molar-refractivity contribution in [3.05, 3.63) is 18.5 Å². The third-order valence-electron chi connectivity index (χ3n) is 1.80. The molecule has 70 valence electrons. The highest BCUT2D eigenvalue weighted by atomic mass is 32.1. The van der Waals surface area contributed by atoms with Crippen LogP contribution in [0.5, 0.6) is 5.75 Å². The molecule has 0 saturated heterocycles. The number of hydrogen-bond donors (Lipinski definition) is 0. The van der Waals surface area contributed by atoms with Crippen LogP contribution < -0.4 is 4.74 Å². The summed E-state index contributed by atoms with van der Waals surface area (Å²) in [6.45, 7) is 0. The van der Waals surface area contributed by atoms with Gasteiger partial charge in [0.2, 0.25) is 0 Å². The molecule has 1 aromatic heterocycles. The van der Waals surface area contributed by atoms with Crippen molar-refractivity contribution in [2.75, 3.05) is 7.11 Å².